The first-order valence-corrected chi connectivity index (χ1v) is 6.17. The van der Waals surface area contributed by atoms with Crippen LogP contribution in [0.15, 0.2) is 18.2 Å². The van der Waals surface area contributed by atoms with Gasteiger partial charge in [-0.05, 0) is 25.2 Å². The molecule has 1 atom stereocenters. The summed E-state index contributed by atoms with van der Waals surface area (Å²) in [6.45, 7) is 3.06. The summed E-state index contributed by atoms with van der Waals surface area (Å²) in [6.07, 6.45) is 0. The van der Waals surface area contributed by atoms with Gasteiger partial charge in [0, 0.05) is 24.7 Å². The minimum atomic E-state index is 0.278. The van der Waals surface area contributed by atoms with Crippen LogP contribution in [0.1, 0.15) is 11.9 Å². The van der Waals surface area contributed by atoms with Crippen LogP contribution < -0.4 is 5.32 Å². The Kier molecular flexibility index (Phi) is 2.78. The molecular weight excluding hydrogens is 236 g/mol. The first-order chi connectivity index (χ1) is 8.22. The van der Waals surface area contributed by atoms with Gasteiger partial charge in [0.2, 0.25) is 0 Å². The summed E-state index contributed by atoms with van der Waals surface area (Å²) in [5.41, 5.74) is 1.97. The number of likely N-dealkylation sites (N-methyl/N-ethyl adjacent to an activating group) is 1. The second kappa shape index (κ2) is 4.29. The van der Waals surface area contributed by atoms with Crippen molar-refractivity contribution in [1.82, 2.24) is 20.2 Å². The Labute approximate surface area is 105 Å². The molecule has 1 unspecified atom stereocenters. The average molecular weight is 251 g/mol. The quantitative estimate of drug-likeness (QED) is 0.811. The molecule has 3 rings (SSSR count). The summed E-state index contributed by atoms with van der Waals surface area (Å²) in [4.78, 5) is 10.3. The number of halogens is 1. The summed E-state index contributed by atoms with van der Waals surface area (Å²) in [5, 5.41) is 4.21. The smallest absolute Gasteiger partial charge is 0.125 e. The highest BCUT2D eigenvalue weighted by Crippen LogP contribution is 2.21. The molecule has 0 amide bonds. The summed E-state index contributed by atoms with van der Waals surface area (Å²) in [6, 6.07) is 6.01. The molecule has 5 heteroatoms. The number of imidazole rings is 1. The first kappa shape index (κ1) is 11.0. The summed E-state index contributed by atoms with van der Waals surface area (Å²) in [7, 11) is 2.13. The molecule has 17 heavy (non-hydrogen) atoms. The molecule has 4 nitrogen and oxygen atoms in total. The lowest BCUT2D eigenvalue weighted by molar-refractivity contribution is 0.236. The fraction of sp³-hybridized carbons (Fsp3) is 0.417. The van der Waals surface area contributed by atoms with Gasteiger partial charge in [0.15, 0.2) is 0 Å². The van der Waals surface area contributed by atoms with E-state index in [1.54, 1.807) is 0 Å². The van der Waals surface area contributed by atoms with E-state index in [0.29, 0.717) is 0 Å². The van der Waals surface area contributed by atoms with E-state index in [0.717, 1.165) is 41.5 Å². The Morgan fingerprint density at radius 2 is 2.35 bits per heavy atom. The predicted octanol–water partition coefficient (Wildman–Crippen LogP) is 1.79. The van der Waals surface area contributed by atoms with Gasteiger partial charge in [-0.15, -0.1) is 0 Å². The van der Waals surface area contributed by atoms with E-state index in [1.165, 1.54) is 0 Å². The second-order valence-corrected chi connectivity index (χ2v) is 4.99. The lowest BCUT2D eigenvalue weighted by Crippen LogP contribution is -2.44. The second-order valence-electron chi connectivity index (χ2n) is 4.55. The van der Waals surface area contributed by atoms with Gasteiger partial charge in [-0.2, -0.15) is 0 Å². The standard InChI is InChI=1S/C12H15ClN4/c1-17-5-4-14-11(7-17)12-15-9-3-2-8(13)6-10(9)16-12/h2-3,6,11,14H,4-5,7H2,1H3,(H,15,16). The molecule has 0 radical (unpaired) electrons. The Morgan fingerprint density at radius 3 is 3.18 bits per heavy atom. The van der Waals surface area contributed by atoms with Gasteiger partial charge in [0.25, 0.3) is 0 Å². The molecular formula is C12H15ClN4. The van der Waals surface area contributed by atoms with Crippen molar-refractivity contribution in [3.8, 4) is 0 Å². The SMILES string of the molecule is CN1CCNC(c2nc3ccc(Cl)cc3[nH]2)C1. The molecule has 2 aromatic rings. The lowest BCUT2D eigenvalue weighted by Gasteiger charge is -2.29. The van der Waals surface area contributed by atoms with Gasteiger partial charge in [-0.3, -0.25) is 0 Å². The zero-order chi connectivity index (χ0) is 11.8. The van der Waals surface area contributed by atoms with Crippen LogP contribution in [0.25, 0.3) is 11.0 Å². The maximum Gasteiger partial charge on any atom is 0.125 e. The highest BCUT2D eigenvalue weighted by Gasteiger charge is 2.20. The number of aromatic nitrogens is 2. The highest BCUT2D eigenvalue weighted by molar-refractivity contribution is 6.31. The lowest BCUT2D eigenvalue weighted by atomic mass is 10.2. The summed E-state index contributed by atoms with van der Waals surface area (Å²) < 4.78 is 0. The number of piperazine rings is 1. The van der Waals surface area contributed by atoms with E-state index in [2.05, 4.69) is 27.2 Å². The molecule has 1 aliphatic heterocycles. The van der Waals surface area contributed by atoms with Crippen LogP contribution in [-0.4, -0.2) is 41.5 Å². The van der Waals surface area contributed by atoms with E-state index in [9.17, 15) is 0 Å². The zero-order valence-corrected chi connectivity index (χ0v) is 10.5. The number of benzene rings is 1. The number of nitrogens with zero attached hydrogens (tertiary/aromatic N) is 2. The monoisotopic (exact) mass is 250 g/mol. The van der Waals surface area contributed by atoms with Gasteiger partial charge >= 0.3 is 0 Å². The molecule has 2 N–H and O–H groups in total. The molecule has 1 aliphatic rings. The van der Waals surface area contributed by atoms with Crippen LogP contribution in [0.3, 0.4) is 0 Å². The van der Waals surface area contributed by atoms with Crippen molar-refractivity contribution in [2.24, 2.45) is 0 Å². The summed E-state index contributed by atoms with van der Waals surface area (Å²) >= 11 is 5.97. The molecule has 90 valence electrons. The van der Waals surface area contributed by atoms with E-state index >= 15 is 0 Å². The normalized spacial score (nSPS) is 22.1. The average Bonchev–Trinajstić information content (AvgIpc) is 2.72. The van der Waals surface area contributed by atoms with Crippen LogP contribution in [0.5, 0.6) is 0 Å². The van der Waals surface area contributed by atoms with E-state index in [1.807, 2.05) is 18.2 Å². The Bertz CT molecular complexity index is 536. The molecule has 1 aromatic carbocycles. The van der Waals surface area contributed by atoms with Crippen LogP contribution in [0.2, 0.25) is 5.02 Å². The van der Waals surface area contributed by atoms with Crippen LogP contribution in [-0.2, 0) is 0 Å². The third-order valence-electron chi connectivity index (χ3n) is 3.17. The van der Waals surface area contributed by atoms with Gasteiger partial charge in [-0.25, -0.2) is 4.98 Å². The van der Waals surface area contributed by atoms with E-state index in [-0.39, 0.29) is 6.04 Å². The number of hydrogen-bond donors (Lipinski definition) is 2. The first-order valence-electron chi connectivity index (χ1n) is 5.79. The fourth-order valence-corrected chi connectivity index (χ4v) is 2.42. The number of nitrogens with one attached hydrogen (secondary N) is 2. The van der Waals surface area contributed by atoms with Crippen molar-refractivity contribution in [1.29, 1.82) is 0 Å². The van der Waals surface area contributed by atoms with Crippen molar-refractivity contribution >= 4 is 22.6 Å². The summed E-state index contributed by atoms with van der Waals surface area (Å²) in [5.74, 6) is 0.994. The highest BCUT2D eigenvalue weighted by atomic mass is 35.5. The van der Waals surface area contributed by atoms with Gasteiger partial charge in [0.1, 0.15) is 5.82 Å². The Hall–Kier alpha value is -1.10. The number of rotatable bonds is 1. The van der Waals surface area contributed by atoms with Crippen molar-refractivity contribution in [2.75, 3.05) is 26.7 Å². The third-order valence-corrected chi connectivity index (χ3v) is 3.41. The van der Waals surface area contributed by atoms with Crippen LogP contribution in [0.4, 0.5) is 0 Å². The van der Waals surface area contributed by atoms with Crippen molar-refractivity contribution in [3.63, 3.8) is 0 Å². The van der Waals surface area contributed by atoms with Gasteiger partial charge in [0.05, 0.1) is 17.1 Å². The Morgan fingerprint density at radius 1 is 1.47 bits per heavy atom. The maximum absolute atomic E-state index is 5.97. The number of hydrogen-bond acceptors (Lipinski definition) is 3. The minimum absolute atomic E-state index is 0.278. The van der Waals surface area contributed by atoms with Crippen LogP contribution in [0, 0.1) is 0 Å². The van der Waals surface area contributed by atoms with Gasteiger partial charge in [-0.1, -0.05) is 11.6 Å². The molecule has 2 heterocycles. The van der Waals surface area contributed by atoms with Crippen molar-refractivity contribution in [3.05, 3.63) is 29.0 Å². The molecule has 0 saturated carbocycles. The van der Waals surface area contributed by atoms with Crippen molar-refractivity contribution in [2.45, 2.75) is 6.04 Å². The topological polar surface area (TPSA) is 44.0 Å². The zero-order valence-electron chi connectivity index (χ0n) is 9.70. The Balaban J connectivity index is 1.94. The molecule has 1 saturated heterocycles. The molecule has 0 bridgehead atoms. The molecule has 1 fully saturated rings. The number of aromatic amines is 1. The largest absolute Gasteiger partial charge is 0.341 e. The van der Waals surface area contributed by atoms with Crippen LogP contribution >= 0.6 is 11.6 Å². The predicted molar refractivity (Wildman–Crippen MR) is 69.3 cm³/mol. The molecule has 0 spiro atoms. The molecule has 0 aliphatic carbocycles. The minimum Gasteiger partial charge on any atom is -0.341 e. The van der Waals surface area contributed by atoms with Crippen molar-refractivity contribution < 1.29 is 0 Å². The van der Waals surface area contributed by atoms with E-state index < -0.39 is 0 Å². The number of H-pyrrole nitrogens is 1. The fourth-order valence-electron chi connectivity index (χ4n) is 2.25. The third kappa shape index (κ3) is 2.16. The maximum atomic E-state index is 5.97. The molecule has 1 aromatic heterocycles. The van der Waals surface area contributed by atoms with E-state index in [4.69, 9.17) is 11.6 Å². The number of fused-ring (bicyclic) bond motifs is 1. The van der Waals surface area contributed by atoms with Gasteiger partial charge < -0.3 is 15.2 Å².